The molecule has 3 rings (SSSR count). The number of rotatable bonds is 4. The summed E-state index contributed by atoms with van der Waals surface area (Å²) in [6, 6.07) is 0.0869. The third-order valence-electron chi connectivity index (χ3n) is 3.87. The fourth-order valence-corrected chi connectivity index (χ4v) is 2.59. The Hall–Kier alpha value is -0.650. The Morgan fingerprint density at radius 1 is 1.44 bits per heavy atom. The highest BCUT2D eigenvalue weighted by molar-refractivity contribution is 5.86. The Morgan fingerprint density at radius 3 is 2.83 bits per heavy atom. The van der Waals surface area contributed by atoms with E-state index in [9.17, 15) is 4.79 Å². The number of nitrogens with zero attached hydrogens (tertiary/aromatic N) is 2. The maximum atomic E-state index is 11.9. The molecule has 2 unspecified atom stereocenters. The van der Waals surface area contributed by atoms with Gasteiger partial charge in [0, 0.05) is 13.1 Å². The lowest BCUT2D eigenvalue weighted by Gasteiger charge is -2.42. The summed E-state index contributed by atoms with van der Waals surface area (Å²) in [5.74, 6) is 1.06. The average molecular weight is 255 g/mol. The predicted molar refractivity (Wildman–Crippen MR) is 69.9 cm³/mol. The van der Waals surface area contributed by atoms with Crippen molar-refractivity contribution in [1.29, 1.82) is 0 Å². The van der Waals surface area contributed by atoms with Crippen LogP contribution in [0.3, 0.4) is 0 Å². The first-order valence-corrected chi connectivity index (χ1v) is 6.60. The molecule has 104 valence electrons. The summed E-state index contributed by atoms with van der Waals surface area (Å²) < 4.78 is 5.66. The van der Waals surface area contributed by atoms with E-state index in [1.807, 2.05) is 0 Å². The molecule has 2 atom stereocenters. The van der Waals surface area contributed by atoms with E-state index in [4.69, 9.17) is 4.74 Å². The van der Waals surface area contributed by atoms with Gasteiger partial charge in [-0.1, -0.05) is 20.3 Å². The number of ether oxygens (including phenoxy) is 1. The number of amides is 1. The second-order valence-electron chi connectivity index (χ2n) is 5.56. The third-order valence-corrected chi connectivity index (χ3v) is 3.87. The number of hydrogen-bond donors (Lipinski definition) is 1. The van der Waals surface area contributed by atoms with E-state index >= 15 is 0 Å². The van der Waals surface area contributed by atoms with Crippen LogP contribution in [0, 0.1) is 5.92 Å². The Balaban J connectivity index is 0.00000120. The Morgan fingerprint density at radius 2 is 2.22 bits per heavy atom. The van der Waals surface area contributed by atoms with E-state index < -0.39 is 0 Å². The molecule has 1 aliphatic carbocycles. The molecule has 18 heavy (non-hydrogen) atoms. The van der Waals surface area contributed by atoms with Gasteiger partial charge in [0.25, 0.3) is 5.91 Å². The number of likely N-dealkylation sites (N-methyl/N-ethyl adjacent to an activating group) is 1. The molecule has 3 fully saturated rings. The normalized spacial score (nSPS) is 32.9. The minimum absolute atomic E-state index is 0. The Kier molecular flexibility index (Phi) is 4.25. The summed E-state index contributed by atoms with van der Waals surface area (Å²) in [5, 5.41) is 1.73. The van der Waals surface area contributed by atoms with E-state index in [1.54, 1.807) is 5.01 Å². The molecule has 0 aromatic rings. The van der Waals surface area contributed by atoms with Crippen molar-refractivity contribution in [1.82, 2.24) is 15.3 Å². The van der Waals surface area contributed by atoms with E-state index in [0.717, 1.165) is 32.0 Å². The number of hydrogen-bond acceptors (Lipinski definition) is 4. The number of hydrazine groups is 1. The highest BCUT2D eigenvalue weighted by atomic mass is 16.5. The average Bonchev–Trinajstić information content (AvgIpc) is 3.11. The molecule has 5 nitrogen and oxygen atoms in total. The number of morpholine rings is 1. The lowest BCUT2D eigenvalue weighted by atomic mass is 10.1. The van der Waals surface area contributed by atoms with Gasteiger partial charge < -0.3 is 9.64 Å². The van der Waals surface area contributed by atoms with Gasteiger partial charge >= 0.3 is 0 Å². The van der Waals surface area contributed by atoms with Crippen molar-refractivity contribution in [2.24, 2.45) is 5.92 Å². The highest BCUT2D eigenvalue weighted by Crippen LogP contribution is 2.35. The van der Waals surface area contributed by atoms with Gasteiger partial charge in [-0.2, -0.15) is 0 Å². The molecule has 2 aliphatic heterocycles. The van der Waals surface area contributed by atoms with Crippen LogP contribution in [-0.4, -0.2) is 61.3 Å². The van der Waals surface area contributed by atoms with Crippen LogP contribution in [-0.2, 0) is 9.53 Å². The van der Waals surface area contributed by atoms with Gasteiger partial charge in [-0.3, -0.25) is 9.80 Å². The monoisotopic (exact) mass is 255 g/mol. The van der Waals surface area contributed by atoms with Crippen molar-refractivity contribution in [3.05, 3.63) is 0 Å². The second kappa shape index (κ2) is 5.55. The van der Waals surface area contributed by atoms with Crippen molar-refractivity contribution in [2.75, 3.05) is 33.3 Å². The first-order chi connectivity index (χ1) is 8.22. The maximum Gasteiger partial charge on any atom is 0.255 e. The highest BCUT2D eigenvalue weighted by Gasteiger charge is 2.41. The van der Waals surface area contributed by atoms with Crippen molar-refractivity contribution < 1.29 is 9.53 Å². The quantitative estimate of drug-likeness (QED) is 0.793. The zero-order valence-corrected chi connectivity index (χ0v) is 10.4. The van der Waals surface area contributed by atoms with E-state index in [0.29, 0.717) is 6.54 Å². The molecule has 0 radical (unpaired) electrons. The SMILES string of the molecule is C.CN1CCOC(CN2NC(CC3CC3)C2=O)C1. The van der Waals surface area contributed by atoms with Crippen LogP contribution in [0.25, 0.3) is 0 Å². The summed E-state index contributed by atoms with van der Waals surface area (Å²) in [7, 11) is 2.09. The molecule has 0 aromatic heterocycles. The molecule has 2 heterocycles. The van der Waals surface area contributed by atoms with Crippen LogP contribution in [0.4, 0.5) is 0 Å². The molecule has 1 amide bonds. The Labute approximate surface area is 109 Å². The topological polar surface area (TPSA) is 44.8 Å². The molecular formula is C13H25N3O2. The van der Waals surface area contributed by atoms with Crippen molar-refractivity contribution in [3.63, 3.8) is 0 Å². The molecule has 0 spiro atoms. The standard InChI is InChI=1S/C12H21N3O2.CH4/c1-14-4-5-17-10(7-14)8-15-12(16)11(13-15)6-9-2-3-9;/h9-11,13H,2-8H2,1H3;1H4. The number of nitrogens with one attached hydrogen (secondary N) is 1. The fourth-order valence-electron chi connectivity index (χ4n) is 2.59. The summed E-state index contributed by atoms with van der Waals surface area (Å²) >= 11 is 0. The molecule has 1 N–H and O–H groups in total. The van der Waals surface area contributed by atoms with Gasteiger partial charge in [-0.25, -0.2) is 5.43 Å². The van der Waals surface area contributed by atoms with E-state index in [2.05, 4.69) is 17.4 Å². The smallest absolute Gasteiger partial charge is 0.255 e. The number of carbonyl (C=O) groups is 1. The van der Waals surface area contributed by atoms with Gasteiger partial charge in [0.05, 0.1) is 19.3 Å². The van der Waals surface area contributed by atoms with Crippen LogP contribution in [0.2, 0.25) is 0 Å². The van der Waals surface area contributed by atoms with E-state index in [-0.39, 0.29) is 25.5 Å². The van der Waals surface area contributed by atoms with Gasteiger partial charge in [-0.05, 0) is 19.4 Å². The van der Waals surface area contributed by atoms with Gasteiger partial charge in [0.15, 0.2) is 0 Å². The molecular weight excluding hydrogens is 230 g/mol. The molecule has 1 saturated carbocycles. The molecule has 0 aromatic carbocycles. The summed E-state index contributed by atoms with van der Waals surface area (Å²) in [6.45, 7) is 3.36. The number of carbonyl (C=O) groups excluding carboxylic acids is 1. The second-order valence-corrected chi connectivity index (χ2v) is 5.56. The Bertz CT molecular complexity index is 307. The molecule has 3 aliphatic rings. The molecule has 2 saturated heterocycles. The lowest BCUT2D eigenvalue weighted by molar-refractivity contribution is -0.158. The van der Waals surface area contributed by atoms with E-state index in [1.165, 1.54) is 12.8 Å². The first-order valence-electron chi connectivity index (χ1n) is 6.60. The van der Waals surface area contributed by atoms with Gasteiger partial charge in [0.1, 0.15) is 6.04 Å². The van der Waals surface area contributed by atoms with Crippen LogP contribution in [0.1, 0.15) is 26.7 Å². The predicted octanol–water partition coefficient (Wildman–Crippen LogP) is 0.469. The van der Waals surface area contributed by atoms with Crippen LogP contribution in [0.15, 0.2) is 0 Å². The minimum atomic E-state index is 0. The summed E-state index contributed by atoms with van der Waals surface area (Å²) in [5.41, 5.74) is 3.25. The largest absolute Gasteiger partial charge is 0.374 e. The minimum Gasteiger partial charge on any atom is -0.374 e. The van der Waals surface area contributed by atoms with Gasteiger partial charge in [-0.15, -0.1) is 0 Å². The van der Waals surface area contributed by atoms with Crippen molar-refractivity contribution in [2.45, 2.75) is 38.8 Å². The first kappa shape index (κ1) is 13.8. The van der Waals surface area contributed by atoms with Gasteiger partial charge in [0.2, 0.25) is 0 Å². The lowest BCUT2D eigenvalue weighted by Crippen LogP contribution is -2.68. The molecule has 0 bridgehead atoms. The molecule has 5 heteroatoms. The summed E-state index contributed by atoms with van der Waals surface area (Å²) in [6.07, 6.45) is 3.80. The third kappa shape index (κ3) is 3.02. The van der Waals surface area contributed by atoms with Crippen LogP contribution >= 0.6 is 0 Å². The summed E-state index contributed by atoms with van der Waals surface area (Å²) in [4.78, 5) is 14.1. The zero-order valence-electron chi connectivity index (χ0n) is 10.4. The van der Waals surface area contributed by atoms with Crippen molar-refractivity contribution >= 4 is 5.91 Å². The van der Waals surface area contributed by atoms with Crippen LogP contribution in [0.5, 0.6) is 0 Å². The zero-order chi connectivity index (χ0) is 11.8. The fraction of sp³-hybridized carbons (Fsp3) is 0.923. The van der Waals surface area contributed by atoms with Crippen molar-refractivity contribution in [3.8, 4) is 0 Å². The van der Waals surface area contributed by atoms with Crippen LogP contribution < -0.4 is 5.43 Å². The maximum absolute atomic E-state index is 11.9.